The summed E-state index contributed by atoms with van der Waals surface area (Å²) in [7, 11) is -2.04. The number of carboxylic acids is 1. The number of hydrogen-bond donors (Lipinski definition) is 1. The number of sulfone groups is 1. The Kier molecular flexibility index (Phi) is 3.46. The topological polar surface area (TPSA) is 89.3 Å². The molecule has 2 aromatic rings. The van der Waals surface area contributed by atoms with Crippen LogP contribution in [0, 0.1) is 0 Å². The van der Waals surface area contributed by atoms with Gasteiger partial charge in [-0.1, -0.05) is 6.07 Å². The van der Waals surface area contributed by atoms with E-state index in [1.165, 1.54) is 23.0 Å². The molecule has 8 heteroatoms. The monoisotopic (exact) mass is 300 g/mol. The fraction of sp³-hybridized carbons (Fsp3) is 0.273. The summed E-state index contributed by atoms with van der Waals surface area (Å²) in [5.74, 6) is -1.22. The lowest BCUT2D eigenvalue weighted by atomic mass is 10.2. The molecule has 6 nitrogen and oxygen atoms in total. The molecule has 19 heavy (non-hydrogen) atoms. The molecular formula is C11H12N2O4S2. The second kappa shape index (κ2) is 4.78. The van der Waals surface area contributed by atoms with Crippen LogP contribution in [0.4, 0.5) is 0 Å². The Balaban J connectivity index is 2.58. The largest absolute Gasteiger partial charge is 0.476 e. The van der Waals surface area contributed by atoms with Crippen LogP contribution < -0.4 is 0 Å². The summed E-state index contributed by atoms with van der Waals surface area (Å²) < 4.78 is 24.5. The summed E-state index contributed by atoms with van der Waals surface area (Å²) in [6.45, 7) is 0. The van der Waals surface area contributed by atoms with Gasteiger partial charge in [-0.15, -0.1) is 11.3 Å². The molecule has 0 aliphatic carbocycles. The molecule has 0 radical (unpaired) electrons. The summed E-state index contributed by atoms with van der Waals surface area (Å²) in [6, 6.07) is 3.72. The van der Waals surface area contributed by atoms with Crippen molar-refractivity contribution in [3.05, 3.63) is 33.8 Å². The number of carboxylic acid groups (broad SMARTS) is 1. The highest BCUT2D eigenvalue weighted by Gasteiger charge is 2.25. The lowest BCUT2D eigenvalue weighted by Crippen LogP contribution is -2.08. The predicted molar refractivity (Wildman–Crippen MR) is 70.4 cm³/mol. The van der Waals surface area contributed by atoms with Crippen LogP contribution in [0.5, 0.6) is 0 Å². The standard InChI is InChI=1S/C11H12N2O4S2/c1-13-8(6-7-4-3-5-18-7)9(10(14)15)12-11(13)19(2,16)17/h3-5H,6H2,1-2H3,(H,14,15). The summed E-state index contributed by atoms with van der Waals surface area (Å²) in [4.78, 5) is 15.9. The molecule has 0 atom stereocenters. The zero-order valence-electron chi connectivity index (χ0n) is 10.3. The summed E-state index contributed by atoms with van der Waals surface area (Å²) >= 11 is 1.48. The predicted octanol–water partition coefficient (Wildman–Crippen LogP) is 1.17. The second-order valence-corrected chi connectivity index (χ2v) is 7.02. The minimum Gasteiger partial charge on any atom is -0.476 e. The van der Waals surface area contributed by atoms with Gasteiger partial charge in [0.25, 0.3) is 0 Å². The molecule has 102 valence electrons. The first kappa shape index (κ1) is 13.8. The maximum Gasteiger partial charge on any atom is 0.356 e. The van der Waals surface area contributed by atoms with Crippen molar-refractivity contribution in [3.8, 4) is 0 Å². The van der Waals surface area contributed by atoms with Gasteiger partial charge in [0.2, 0.25) is 15.0 Å². The molecule has 0 aliphatic heterocycles. The highest BCUT2D eigenvalue weighted by molar-refractivity contribution is 7.90. The smallest absolute Gasteiger partial charge is 0.356 e. The van der Waals surface area contributed by atoms with Crippen molar-refractivity contribution in [1.82, 2.24) is 9.55 Å². The first-order chi connectivity index (χ1) is 8.80. The number of rotatable bonds is 4. The van der Waals surface area contributed by atoms with E-state index in [4.69, 9.17) is 5.11 Å². The van der Waals surface area contributed by atoms with Crippen molar-refractivity contribution < 1.29 is 18.3 Å². The minimum absolute atomic E-state index is 0.212. The summed E-state index contributed by atoms with van der Waals surface area (Å²) in [5, 5.41) is 10.8. The maximum absolute atomic E-state index is 11.6. The van der Waals surface area contributed by atoms with Gasteiger partial charge in [0.05, 0.1) is 5.69 Å². The fourth-order valence-corrected chi connectivity index (χ4v) is 3.37. The number of nitrogens with zero attached hydrogens (tertiary/aromatic N) is 2. The summed E-state index contributed by atoms with van der Waals surface area (Å²) in [6.07, 6.45) is 1.36. The Morgan fingerprint density at radius 2 is 2.21 bits per heavy atom. The lowest BCUT2D eigenvalue weighted by molar-refractivity contribution is 0.0689. The molecule has 0 spiro atoms. The number of carbonyl (C=O) groups is 1. The first-order valence-corrected chi connectivity index (χ1v) is 8.09. The number of imidazole rings is 1. The molecule has 2 heterocycles. The zero-order valence-corrected chi connectivity index (χ0v) is 12.0. The molecule has 0 bridgehead atoms. The van der Waals surface area contributed by atoms with Gasteiger partial charge < -0.3 is 9.67 Å². The van der Waals surface area contributed by atoms with Gasteiger partial charge >= 0.3 is 5.97 Å². The Labute approximate surface area is 114 Å². The van der Waals surface area contributed by atoms with Crippen LogP contribution in [-0.4, -0.2) is 35.3 Å². The molecule has 0 unspecified atom stereocenters. The van der Waals surface area contributed by atoms with Crippen molar-refractivity contribution in [3.63, 3.8) is 0 Å². The average Bonchev–Trinajstić information content (AvgIpc) is 2.87. The van der Waals surface area contributed by atoms with E-state index in [0.717, 1.165) is 11.1 Å². The van der Waals surface area contributed by atoms with Crippen LogP contribution >= 0.6 is 11.3 Å². The SMILES string of the molecule is Cn1c(S(C)(=O)=O)nc(C(=O)O)c1Cc1cccs1. The minimum atomic E-state index is -3.56. The van der Waals surface area contributed by atoms with E-state index in [2.05, 4.69) is 4.98 Å². The van der Waals surface area contributed by atoms with E-state index in [1.54, 1.807) is 0 Å². The van der Waals surface area contributed by atoms with Crippen molar-refractivity contribution >= 4 is 27.1 Å². The normalized spacial score (nSPS) is 11.7. The van der Waals surface area contributed by atoms with E-state index in [0.29, 0.717) is 12.1 Å². The Hall–Kier alpha value is -1.67. The van der Waals surface area contributed by atoms with Gasteiger partial charge in [0.1, 0.15) is 0 Å². The van der Waals surface area contributed by atoms with Crippen LogP contribution in [0.2, 0.25) is 0 Å². The molecular weight excluding hydrogens is 288 g/mol. The summed E-state index contributed by atoms with van der Waals surface area (Å²) in [5.41, 5.74) is 0.173. The maximum atomic E-state index is 11.6. The lowest BCUT2D eigenvalue weighted by Gasteiger charge is -2.04. The van der Waals surface area contributed by atoms with Gasteiger partial charge in [-0.25, -0.2) is 18.2 Å². The Morgan fingerprint density at radius 3 is 2.68 bits per heavy atom. The molecule has 0 saturated heterocycles. The highest BCUT2D eigenvalue weighted by Crippen LogP contribution is 2.21. The van der Waals surface area contributed by atoms with Crippen molar-refractivity contribution in [2.75, 3.05) is 6.26 Å². The first-order valence-electron chi connectivity index (χ1n) is 5.32. The molecule has 0 aliphatic rings. The quantitative estimate of drug-likeness (QED) is 0.915. The van der Waals surface area contributed by atoms with Crippen LogP contribution in [0.1, 0.15) is 21.1 Å². The average molecular weight is 300 g/mol. The van der Waals surface area contributed by atoms with Gasteiger partial charge in [0, 0.05) is 24.6 Å². The van der Waals surface area contributed by atoms with Crippen LogP contribution in [0.15, 0.2) is 22.7 Å². The molecule has 1 N–H and O–H groups in total. The van der Waals surface area contributed by atoms with Crippen LogP contribution in [0.25, 0.3) is 0 Å². The van der Waals surface area contributed by atoms with Crippen molar-refractivity contribution in [2.45, 2.75) is 11.6 Å². The highest BCUT2D eigenvalue weighted by atomic mass is 32.2. The number of aromatic nitrogens is 2. The molecule has 0 amide bonds. The third kappa shape index (κ3) is 2.69. The fourth-order valence-electron chi connectivity index (χ4n) is 1.79. The molecule has 0 aromatic carbocycles. The molecule has 0 saturated carbocycles. The van der Waals surface area contributed by atoms with Crippen molar-refractivity contribution in [2.24, 2.45) is 7.05 Å². The Bertz CT molecular complexity index is 714. The number of thiophene rings is 1. The molecule has 0 fully saturated rings. The second-order valence-electron chi connectivity index (χ2n) is 4.08. The van der Waals surface area contributed by atoms with Crippen LogP contribution in [0.3, 0.4) is 0 Å². The van der Waals surface area contributed by atoms with Gasteiger partial charge in [-0.2, -0.15) is 0 Å². The van der Waals surface area contributed by atoms with Gasteiger partial charge in [-0.3, -0.25) is 0 Å². The third-order valence-corrected chi connectivity index (χ3v) is 4.53. The van der Waals surface area contributed by atoms with E-state index in [9.17, 15) is 13.2 Å². The van der Waals surface area contributed by atoms with Gasteiger partial charge in [0.15, 0.2) is 5.69 Å². The molecule has 2 aromatic heterocycles. The number of aromatic carboxylic acids is 1. The van der Waals surface area contributed by atoms with E-state index in [1.807, 2.05) is 17.5 Å². The zero-order chi connectivity index (χ0) is 14.2. The third-order valence-electron chi connectivity index (χ3n) is 2.63. The van der Waals surface area contributed by atoms with E-state index in [-0.39, 0.29) is 10.9 Å². The molecule has 2 rings (SSSR count). The van der Waals surface area contributed by atoms with Gasteiger partial charge in [-0.05, 0) is 11.4 Å². The van der Waals surface area contributed by atoms with Crippen molar-refractivity contribution in [1.29, 1.82) is 0 Å². The van der Waals surface area contributed by atoms with Crippen LogP contribution in [-0.2, 0) is 23.3 Å². The van der Waals surface area contributed by atoms with E-state index < -0.39 is 15.8 Å². The Morgan fingerprint density at radius 1 is 1.53 bits per heavy atom. The number of hydrogen-bond acceptors (Lipinski definition) is 5. The van der Waals surface area contributed by atoms with E-state index >= 15 is 0 Å².